The van der Waals surface area contributed by atoms with Gasteiger partial charge in [0.1, 0.15) is 0 Å². The lowest BCUT2D eigenvalue weighted by Crippen LogP contribution is -2.22. The highest BCUT2D eigenvalue weighted by Gasteiger charge is 2.13. The summed E-state index contributed by atoms with van der Waals surface area (Å²) in [5.41, 5.74) is 1.57. The maximum absolute atomic E-state index is 12.0. The Kier molecular flexibility index (Phi) is 7.44. The number of amides is 1. The minimum Gasteiger partial charge on any atom is -0.481 e. The molecule has 0 aliphatic carbocycles. The largest absolute Gasteiger partial charge is 0.481 e. The number of aryl methyl sites for hydroxylation is 1. The van der Waals surface area contributed by atoms with Gasteiger partial charge in [-0.2, -0.15) is 9.97 Å². The second-order valence-corrected chi connectivity index (χ2v) is 5.77. The van der Waals surface area contributed by atoms with Crippen LogP contribution in [0.5, 0.6) is 11.8 Å². The molecule has 28 heavy (non-hydrogen) atoms. The normalized spacial score (nSPS) is 10.1. The number of carbonyl (C=O) groups is 3. The molecule has 148 valence electrons. The van der Waals surface area contributed by atoms with Crippen molar-refractivity contribution in [2.75, 3.05) is 26.1 Å². The number of nitrogens with zero attached hydrogens (tertiary/aromatic N) is 2. The van der Waals surface area contributed by atoms with E-state index >= 15 is 0 Å². The average molecular weight is 387 g/mol. The Morgan fingerprint density at radius 3 is 2.14 bits per heavy atom. The molecule has 9 heteroatoms. The van der Waals surface area contributed by atoms with Crippen molar-refractivity contribution in [1.82, 2.24) is 9.97 Å². The van der Waals surface area contributed by atoms with E-state index in [1.165, 1.54) is 20.3 Å². The van der Waals surface area contributed by atoms with Crippen molar-refractivity contribution in [1.29, 1.82) is 0 Å². The van der Waals surface area contributed by atoms with Crippen molar-refractivity contribution in [2.45, 2.75) is 19.8 Å². The molecule has 1 aromatic heterocycles. The average Bonchev–Trinajstić information content (AvgIpc) is 2.70. The van der Waals surface area contributed by atoms with Crippen molar-refractivity contribution in [3.8, 4) is 11.8 Å². The number of ketones is 1. The summed E-state index contributed by atoms with van der Waals surface area (Å²) in [7, 11) is 2.82. The van der Waals surface area contributed by atoms with Crippen LogP contribution >= 0.6 is 0 Å². The van der Waals surface area contributed by atoms with E-state index < -0.39 is 18.5 Å². The summed E-state index contributed by atoms with van der Waals surface area (Å²) in [6.45, 7) is 1.39. The number of Topliss-reactive ketones (excluding diaryl/α,β-unsaturated/α-hetero) is 1. The van der Waals surface area contributed by atoms with Crippen LogP contribution in [0.2, 0.25) is 0 Å². The van der Waals surface area contributed by atoms with Crippen molar-refractivity contribution in [3.05, 3.63) is 41.5 Å². The van der Waals surface area contributed by atoms with Gasteiger partial charge in [0.15, 0.2) is 12.4 Å². The van der Waals surface area contributed by atoms with Crippen molar-refractivity contribution >= 4 is 23.6 Å². The van der Waals surface area contributed by atoms with Crippen LogP contribution in [-0.2, 0) is 14.3 Å². The van der Waals surface area contributed by atoms with E-state index in [2.05, 4.69) is 15.3 Å². The fourth-order valence-corrected chi connectivity index (χ4v) is 2.15. The number of anilines is 1. The molecule has 0 saturated carbocycles. The Hall–Kier alpha value is -3.49. The highest BCUT2D eigenvalue weighted by Crippen LogP contribution is 2.17. The molecule has 0 radical (unpaired) electrons. The molecule has 9 nitrogen and oxygen atoms in total. The molecule has 0 unspecified atom stereocenters. The first-order valence-electron chi connectivity index (χ1n) is 8.43. The second-order valence-electron chi connectivity index (χ2n) is 5.77. The smallest absolute Gasteiger partial charge is 0.306 e. The number of benzene rings is 1. The van der Waals surface area contributed by atoms with Gasteiger partial charge in [-0.05, 0) is 6.92 Å². The predicted molar refractivity (Wildman–Crippen MR) is 99.5 cm³/mol. The lowest BCUT2D eigenvalue weighted by atomic mass is 10.1. The molecule has 1 N–H and O–H groups in total. The van der Waals surface area contributed by atoms with E-state index in [0.717, 1.165) is 5.56 Å². The Labute approximate surface area is 162 Å². The zero-order chi connectivity index (χ0) is 20.5. The monoisotopic (exact) mass is 387 g/mol. The van der Waals surface area contributed by atoms with Gasteiger partial charge in [-0.15, -0.1) is 0 Å². The molecular formula is C19H21N3O6. The van der Waals surface area contributed by atoms with Gasteiger partial charge in [0.2, 0.25) is 17.7 Å². The Balaban J connectivity index is 1.78. The summed E-state index contributed by atoms with van der Waals surface area (Å²) in [6, 6.07) is 8.51. The van der Waals surface area contributed by atoms with Crippen LogP contribution < -0.4 is 14.8 Å². The van der Waals surface area contributed by atoms with Crippen LogP contribution in [0, 0.1) is 6.92 Å². The fraction of sp³-hybridized carbons (Fsp3) is 0.316. The Bertz CT molecular complexity index is 829. The summed E-state index contributed by atoms with van der Waals surface area (Å²) in [4.78, 5) is 43.6. The number of aromatic nitrogens is 2. The number of hydrogen-bond donors (Lipinski definition) is 1. The number of carbonyl (C=O) groups excluding carboxylic acids is 3. The molecule has 0 fully saturated rings. The predicted octanol–water partition coefficient (Wildman–Crippen LogP) is 1.95. The van der Waals surface area contributed by atoms with E-state index in [0.29, 0.717) is 5.56 Å². The summed E-state index contributed by atoms with van der Waals surface area (Å²) < 4.78 is 14.8. The zero-order valence-corrected chi connectivity index (χ0v) is 15.9. The number of rotatable bonds is 9. The second kappa shape index (κ2) is 10.0. The van der Waals surface area contributed by atoms with E-state index in [1.54, 1.807) is 12.1 Å². The van der Waals surface area contributed by atoms with Crippen LogP contribution in [-0.4, -0.2) is 48.5 Å². The maximum Gasteiger partial charge on any atom is 0.306 e. The van der Waals surface area contributed by atoms with Crippen molar-refractivity contribution < 1.29 is 28.6 Å². The molecule has 2 rings (SSSR count). The molecule has 1 amide bonds. The summed E-state index contributed by atoms with van der Waals surface area (Å²) in [5.74, 6) is -1.10. The van der Waals surface area contributed by atoms with Crippen LogP contribution in [0.4, 0.5) is 5.95 Å². The van der Waals surface area contributed by atoms with Gasteiger partial charge >= 0.3 is 5.97 Å². The first-order chi connectivity index (χ1) is 13.4. The van der Waals surface area contributed by atoms with E-state index in [-0.39, 0.29) is 36.3 Å². The molecule has 0 spiro atoms. The molecule has 0 saturated heterocycles. The molecule has 2 aromatic rings. The number of esters is 1. The highest BCUT2D eigenvalue weighted by atomic mass is 16.5. The highest BCUT2D eigenvalue weighted by molar-refractivity contribution is 5.97. The third kappa shape index (κ3) is 6.35. The van der Waals surface area contributed by atoms with Crippen LogP contribution in [0.15, 0.2) is 30.3 Å². The molecule has 0 aliphatic rings. The van der Waals surface area contributed by atoms with E-state index in [1.807, 2.05) is 19.1 Å². The van der Waals surface area contributed by atoms with Crippen LogP contribution in [0.25, 0.3) is 0 Å². The molecular weight excluding hydrogens is 366 g/mol. The fourth-order valence-electron chi connectivity index (χ4n) is 2.15. The van der Waals surface area contributed by atoms with Crippen LogP contribution in [0.3, 0.4) is 0 Å². The third-order valence-electron chi connectivity index (χ3n) is 3.64. The van der Waals surface area contributed by atoms with Gasteiger partial charge in [0, 0.05) is 12.0 Å². The lowest BCUT2D eigenvalue weighted by Gasteiger charge is -2.08. The Morgan fingerprint density at radius 1 is 0.964 bits per heavy atom. The zero-order valence-electron chi connectivity index (χ0n) is 15.9. The molecule has 0 atom stereocenters. The van der Waals surface area contributed by atoms with Gasteiger partial charge < -0.3 is 14.2 Å². The topological polar surface area (TPSA) is 117 Å². The Morgan fingerprint density at radius 2 is 1.57 bits per heavy atom. The van der Waals surface area contributed by atoms with E-state index in [4.69, 9.17) is 14.2 Å². The summed E-state index contributed by atoms with van der Waals surface area (Å²) in [6.07, 6.45) is -0.122. The van der Waals surface area contributed by atoms with E-state index in [9.17, 15) is 14.4 Å². The molecule has 0 bridgehead atoms. The summed E-state index contributed by atoms with van der Waals surface area (Å²) >= 11 is 0. The van der Waals surface area contributed by atoms with Gasteiger partial charge in [0.05, 0.1) is 26.7 Å². The first kappa shape index (κ1) is 20.8. The third-order valence-corrected chi connectivity index (χ3v) is 3.64. The quantitative estimate of drug-likeness (QED) is 0.512. The van der Waals surface area contributed by atoms with Gasteiger partial charge in [0.25, 0.3) is 5.91 Å². The molecule has 1 aromatic carbocycles. The van der Waals surface area contributed by atoms with Gasteiger partial charge in [-0.25, -0.2) is 0 Å². The maximum atomic E-state index is 12.0. The van der Waals surface area contributed by atoms with Gasteiger partial charge in [-0.3, -0.25) is 19.7 Å². The SMILES string of the molecule is COc1cc(OC)nc(NC(=O)COC(=O)CCC(=O)c2ccc(C)cc2)n1. The lowest BCUT2D eigenvalue weighted by molar-refractivity contribution is -0.147. The standard InChI is InChI=1S/C19H21N3O6/c1-12-4-6-13(7-5-12)14(23)8-9-18(25)28-11-15(24)20-19-21-16(26-2)10-17(22-19)27-3/h4-7,10H,8-9,11H2,1-3H3,(H,20,21,22,24). The first-order valence-corrected chi connectivity index (χ1v) is 8.43. The van der Waals surface area contributed by atoms with Crippen molar-refractivity contribution in [3.63, 3.8) is 0 Å². The van der Waals surface area contributed by atoms with Crippen molar-refractivity contribution in [2.24, 2.45) is 0 Å². The van der Waals surface area contributed by atoms with Crippen LogP contribution in [0.1, 0.15) is 28.8 Å². The molecule has 0 aliphatic heterocycles. The molecule has 1 heterocycles. The number of hydrogen-bond acceptors (Lipinski definition) is 8. The minimum absolute atomic E-state index is 0.000290. The van der Waals surface area contributed by atoms with Gasteiger partial charge in [-0.1, -0.05) is 29.8 Å². The summed E-state index contributed by atoms with van der Waals surface area (Å²) in [5, 5.41) is 2.38. The number of ether oxygens (including phenoxy) is 3. The number of nitrogens with one attached hydrogen (secondary N) is 1. The number of methoxy groups -OCH3 is 2. The minimum atomic E-state index is -0.653.